The lowest BCUT2D eigenvalue weighted by molar-refractivity contribution is -0.385. The molecule has 0 unspecified atom stereocenters. The Morgan fingerprint density at radius 3 is 2.33 bits per heavy atom. The second kappa shape index (κ2) is 10.2. The van der Waals surface area contributed by atoms with Gasteiger partial charge in [-0.2, -0.15) is 0 Å². The van der Waals surface area contributed by atoms with Crippen LogP contribution in [-0.4, -0.2) is 46.3 Å². The average Bonchev–Trinajstić information content (AvgIpc) is 3.05. The lowest BCUT2D eigenvalue weighted by Crippen LogP contribution is -2.30. The van der Waals surface area contributed by atoms with E-state index in [-0.39, 0.29) is 5.69 Å². The number of nitrogens with zero attached hydrogens (tertiary/aromatic N) is 1. The van der Waals surface area contributed by atoms with Gasteiger partial charge in [-0.05, 0) is 18.9 Å². The van der Waals surface area contributed by atoms with Crippen LogP contribution in [-0.2, 0) is 9.59 Å². The predicted molar refractivity (Wildman–Crippen MR) is 84.1 cm³/mol. The molecule has 0 atom stereocenters. The fourth-order valence-electron chi connectivity index (χ4n) is 2.28. The Morgan fingerprint density at radius 1 is 1.21 bits per heavy atom. The normalized spacial score (nSPS) is 13.7. The number of aliphatic carboxylic acids is 2. The first-order chi connectivity index (χ1) is 11.4. The van der Waals surface area contributed by atoms with Gasteiger partial charge in [0.2, 0.25) is 0 Å². The molecule has 9 nitrogen and oxygen atoms in total. The fourth-order valence-corrected chi connectivity index (χ4v) is 2.28. The van der Waals surface area contributed by atoms with E-state index >= 15 is 0 Å². The Morgan fingerprint density at radius 2 is 1.79 bits per heavy atom. The minimum absolute atomic E-state index is 0.0263. The van der Waals surface area contributed by atoms with E-state index in [1.165, 1.54) is 31.7 Å². The van der Waals surface area contributed by atoms with Gasteiger partial charge in [0, 0.05) is 18.7 Å². The maximum atomic E-state index is 10.8. The summed E-state index contributed by atoms with van der Waals surface area (Å²) in [7, 11) is 0. The van der Waals surface area contributed by atoms with Crippen molar-refractivity contribution in [3.8, 4) is 5.75 Å². The average molecular weight is 340 g/mol. The van der Waals surface area contributed by atoms with Gasteiger partial charge >= 0.3 is 17.6 Å². The van der Waals surface area contributed by atoms with Gasteiger partial charge < -0.3 is 20.3 Å². The van der Waals surface area contributed by atoms with E-state index in [2.05, 4.69) is 5.32 Å². The fraction of sp³-hybridized carbons (Fsp3) is 0.467. The molecule has 0 saturated heterocycles. The van der Waals surface area contributed by atoms with Crippen LogP contribution in [0.1, 0.15) is 25.7 Å². The second-order valence-corrected chi connectivity index (χ2v) is 5.12. The third-order valence-electron chi connectivity index (χ3n) is 3.39. The molecule has 0 radical (unpaired) electrons. The highest BCUT2D eigenvalue weighted by molar-refractivity contribution is 6.27. The summed E-state index contributed by atoms with van der Waals surface area (Å²) in [5.74, 6) is -3.30. The summed E-state index contributed by atoms with van der Waals surface area (Å²) in [6, 6.07) is 7.07. The zero-order valence-corrected chi connectivity index (χ0v) is 13.0. The molecule has 0 heterocycles. The van der Waals surface area contributed by atoms with Gasteiger partial charge in [-0.25, -0.2) is 9.59 Å². The molecule has 1 fully saturated rings. The van der Waals surface area contributed by atoms with Gasteiger partial charge in [0.15, 0.2) is 5.75 Å². The minimum Gasteiger partial charge on any atom is -0.485 e. The van der Waals surface area contributed by atoms with Gasteiger partial charge in [0.25, 0.3) is 0 Å². The van der Waals surface area contributed by atoms with Crippen LogP contribution >= 0.6 is 0 Å². The topological polar surface area (TPSA) is 139 Å². The SMILES string of the molecule is O=C(O)C(=O)O.O=[N+]([O-])c1ccccc1OCCNC1CCCC1. The second-order valence-electron chi connectivity index (χ2n) is 5.12. The van der Waals surface area contributed by atoms with Crippen molar-refractivity contribution in [1.82, 2.24) is 5.32 Å². The van der Waals surface area contributed by atoms with E-state index in [4.69, 9.17) is 24.5 Å². The molecular weight excluding hydrogens is 320 g/mol. The van der Waals surface area contributed by atoms with Crippen LogP contribution in [0.4, 0.5) is 5.69 Å². The van der Waals surface area contributed by atoms with Crippen molar-refractivity contribution in [1.29, 1.82) is 0 Å². The smallest absolute Gasteiger partial charge is 0.414 e. The van der Waals surface area contributed by atoms with Crippen LogP contribution in [0, 0.1) is 10.1 Å². The predicted octanol–water partition coefficient (Wildman–Crippen LogP) is 1.66. The number of nitro groups is 1. The summed E-state index contributed by atoms with van der Waals surface area (Å²) in [6.45, 7) is 1.19. The molecule has 0 bridgehead atoms. The van der Waals surface area contributed by atoms with Crippen molar-refractivity contribution in [3.63, 3.8) is 0 Å². The van der Waals surface area contributed by atoms with E-state index in [9.17, 15) is 10.1 Å². The first kappa shape index (κ1) is 19.4. The number of carboxylic acids is 2. The Labute approximate surface area is 138 Å². The van der Waals surface area contributed by atoms with E-state index in [0.717, 1.165) is 6.54 Å². The highest BCUT2D eigenvalue weighted by Gasteiger charge is 2.15. The van der Waals surface area contributed by atoms with Crippen LogP contribution in [0.15, 0.2) is 24.3 Å². The van der Waals surface area contributed by atoms with E-state index in [1.54, 1.807) is 18.2 Å². The molecule has 0 aliphatic heterocycles. The number of benzene rings is 1. The van der Waals surface area contributed by atoms with Gasteiger partial charge in [0.1, 0.15) is 6.61 Å². The van der Waals surface area contributed by atoms with Crippen molar-refractivity contribution < 1.29 is 29.5 Å². The maximum Gasteiger partial charge on any atom is 0.414 e. The molecule has 0 aromatic heterocycles. The first-order valence-corrected chi connectivity index (χ1v) is 7.47. The highest BCUT2D eigenvalue weighted by Crippen LogP contribution is 2.25. The third-order valence-corrected chi connectivity index (χ3v) is 3.39. The molecule has 0 amide bonds. The standard InChI is InChI=1S/C13H18N2O3.C2H2O4/c16-15(17)12-7-3-4-8-13(12)18-10-9-14-11-5-1-2-6-11;3-1(4)2(5)6/h3-4,7-8,11,14H,1-2,5-6,9-10H2;(H,3,4)(H,5,6). The molecule has 2 rings (SSSR count). The van der Waals surface area contributed by atoms with Crippen LogP contribution in [0.5, 0.6) is 5.75 Å². The largest absolute Gasteiger partial charge is 0.485 e. The summed E-state index contributed by atoms with van der Waals surface area (Å²) in [4.78, 5) is 28.6. The quantitative estimate of drug-likeness (QED) is 0.307. The number of hydrogen-bond donors (Lipinski definition) is 3. The number of carbonyl (C=O) groups is 2. The summed E-state index contributed by atoms with van der Waals surface area (Å²) in [5, 5.41) is 29.0. The lowest BCUT2D eigenvalue weighted by atomic mass is 10.2. The molecule has 0 spiro atoms. The summed E-state index contributed by atoms with van der Waals surface area (Å²) in [5.41, 5.74) is 0.0263. The molecule has 24 heavy (non-hydrogen) atoms. The van der Waals surface area contributed by atoms with Gasteiger partial charge in [-0.1, -0.05) is 25.0 Å². The Balaban J connectivity index is 0.000000413. The summed E-state index contributed by atoms with van der Waals surface area (Å²) >= 11 is 0. The van der Waals surface area contributed by atoms with Gasteiger partial charge in [0.05, 0.1) is 4.92 Å². The van der Waals surface area contributed by atoms with Crippen molar-refractivity contribution >= 4 is 17.6 Å². The Bertz CT molecular complexity index is 559. The number of para-hydroxylation sites is 2. The molecule has 9 heteroatoms. The zero-order chi connectivity index (χ0) is 17.9. The van der Waals surface area contributed by atoms with Crippen molar-refractivity contribution in [2.45, 2.75) is 31.7 Å². The Hall–Kier alpha value is -2.68. The van der Waals surface area contributed by atoms with Crippen LogP contribution in [0.3, 0.4) is 0 Å². The molecule has 3 N–H and O–H groups in total. The van der Waals surface area contributed by atoms with Crippen LogP contribution < -0.4 is 10.1 Å². The highest BCUT2D eigenvalue weighted by atomic mass is 16.6. The Kier molecular flexibility index (Phi) is 8.20. The maximum absolute atomic E-state index is 10.8. The minimum atomic E-state index is -1.82. The molecular formula is C15H20N2O7. The van der Waals surface area contributed by atoms with Gasteiger partial charge in [-0.15, -0.1) is 0 Å². The van der Waals surface area contributed by atoms with Crippen molar-refractivity contribution in [2.24, 2.45) is 0 Å². The van der Waals surface area contributed by atoms with Crippen LogP contribution in [0.25, 0.3) is 0 Å². The zero-order valence-electron chi connectivity index (χ0n) is 13.0. The first-order valence-electron chi connectivity index (χ1n) is 7.47. The number of nitro benzene ring substituents is 1. The van der Waals surface area contributed by atoms with E-state index < -0.39 is 16.9 Å². The molecule has 1 aliphatic rings. The summed E-state index contributed by atoms with van der Waals surface area (Å²) in [6.07, 6.45) is 5.04. The number of rotatable bonds is 6. The molecule has 1 saturated carbocycles. The van der Waals surface area contributed by atoms with Gasteiger partial charge in [-0.3, -0.25) is 10.1 Å². The van der Waals surface area contributed by atoms with Crippen molar-refractivity contribution in [2.75, 3.05) is 13.2 Å². The molecule has 1 aromatic rings. The number of hydrogen-bond acceptors (Lipinski definition) is 6. The molecule has 132 valence electrons. The monoisotopic (exact) mass is 340 g/mol. The third kappa shape index (κ3) is 7.05. The lowest BCUT2D eigenvalue weighted by Gasteiger charge is -2.12. The molecule has 1 aliphatic carbocycles. The van der Waals surface area contributed by atoms with E-state index in [1.807, 2.05) is 0 Å². The van der Waals surface area contributed by atoms with Crippen LogP contribution in [0.2, 0.25) is 0 Å². The number of carboxylic acid groups (broad SMARTS) is 2. The number of ether oxygens (including phenoxy) is 1. The molecule has 1 aromatic carbocycles. The van der Waals surface area contributed by atoms with Crippen molar-refractivity contribution in [3.05, 3.63) is 34.4 Å². The summed E-state index contributed by atoms with van der Waals surface area (Å²) < 4.78 is 5.45. The van der Waals surface area contributed by atoms with E-state index in [0.29, 0.717) is 18.4 Å². The number of nitrogens with one attached hydrogen (secondary N) is 1.